The molecule has 0 amide bonds. The number of hydrogen-bond acceptors (Lipinski definition) is 3. The topological polar surface area (TPSA) is 69.9 Å². The first kappa shape index (κ1) is 15.0. The van der Waals surface area contributed by atoms with Gasteiger partial charge < -0.3 is 20.0 Å². The van der Waals surface area contributed by atoms with Crippen molar-refractivity contribution in [2.24, 2.45) is 0 Å². The van der Waals surface area contributed by atoms with E-state index >= 15 is 0 Å². The van der Waals surface area contributed by atoms with Crippen molar-refractivity contribution in [3.63, 3.8) is 0 Å². The van der Waals surface area contributed by atoms with E-state index in [0.29, 0.717) is 12.6 Å². The van der Waals surface area contributed by atoms with Gasteiger partial charge in [0.15, 0.2) is 0 Å². The molecule has 1 saturated heterocycles. The summed E-state index contributed by atoms with van der Waals surface area (Å²) in [5.74, 6) is 0.741. The van der Waals surface area contributed by atoms with Gasteiger partial charge in [0.25, 0.3) is 0 Å². The maximum atomic E-state index is 11.7. The summed E-state index contributed by atoms with van der Waals surface area (Å²) in [6, 6.07) is 14.7. The van der Waals surface area contributed by atoms with Gasteiger partial charge in [-0.05, 0) is 49.1 Å². The molecule has 0 radical (unpaired) electrons. The van der Waals surface area contributed by atoms with Crippen LogP contribution in [0.4, 0.5) is 0 Å². The van der Waals surface area contributed by atoms with Crippen LogP contribution in [0.1, 0.15) is 24.0 Å². The molecular formula is C19H21N3O2. The lowest BCUT2D eigenvalue weighted by Crippen LogP contribution is -2.28. The Morgan fingerprint density at radius 1 is 1.08 bits per heavy atom. The van der Waals surface area contributed by atoms with E-state index in [2.05, 4.69) is 27.4 Å². The first-order valence-electron chi connectivity index (χ1n) is 8.43. The number of H-pyrrole nitrogens is 2. The third-order valence-corrected chi connectivity index (χ3v) is 4.50. The van der Waals surface area contributed by atoms with Crippen molar-refractivity contribution >= 4 is 11.0 Å². The predicted molar refractivity (Wildman–Crippen MR) is 94.7 cm³/mol. The van der Waals surface area contributed by atoms with E-state index in [9.17, 15) is 4.79 Å². The first-order chi connectivity index (χ1) is 11.8. The Kier molecular flexibility index (Phi) is 4.09. The molecule has 1 atom stereocenters. The Hall–Kier alpha value is -2.53. The lowest BCUT2D eigenvalue weighted by Gasteiger charge is -2.14. The Morgan fingerprint density at radius 2 is 1.96 bits per heavy atom. The number of rotatable bonds is 5. The van der Waals surface area contributed by atoms with Gasteiger partial charge in [-0.25, -0.2) is 4.79 Å². The molecule has 2 aromatic carbocycles. The van der Waals surface area contributed by atoms with E-state index < -0.39 is 0 Å². The molecule has 3 N–H and O–H groups in total. The third kappa shape index (κ3) is 3.21. The fourth-order valence-electron chi connectivity index (χ4n) is 3.30. The van der Waals surface area contributed by atoms with Crippen LogP contribution in [0.15, 0.2) is 47.3 Å². The van der Waals surface area contributed by atoms with Crippen LogP contribution in [-0.4, -0.2) is 29.2 Å². The summed E-state index contributed by atoms with van der Waals surface area (Å²) in [4.78, 5) is 17.4. The maximum absolute atomic E-state index is 11.7. The number of ether oxygens (including phenoxy) is 1. The molecule has 0 aliphatic carbocycles. The molecule has 3 aromatic rings. The smallest absolute Gasteiger partial charge is 0.323 e. The molecule has 4 rings (SSSR count). The first-order valence-corrected chi connectivity index (χ1v) is 8.43. The Balaban J connectivity index is 1.63. The highest BCUT2D eigenvalue weighted by atomic mass is 16.5. The molecule has 1 fully saturated rings. The zero-order valence-electron chi connectivity index (χ0n) is 13.5. The highest BCUT2D eigenvalue weighted by Crippen LogP contribution is 2.26. The second-order valence-corrected chi connectivity index (χ2v) is 6.36. The van der Waals surface area contributed by atoms with Crippen LogP contribution < -0.4 is 15.7 Å². The van der Waals surface area contributed by atoms with Crippen LogP contribution in [0.3, 0.4) is 0 Å². The van der Waals surface area contributed by atoms with Crippen LogP contribution in [0.25, 0.3) is 11.0 Å². The third-order valence-electron chi connectivity index (χ3n) is 4.50. The van der Waals surface area contributed by atoms with Crippen molar-refractivity contribution in [3.05, 3.63) is 64.1 Å². The number of benzene rings is 2. The molecule has 5 heteroatoms. The van der Waals surface area contributed by atoms with Gasteiger partial charge in [-0.3, -0.25) is 0 Å². The molecule has 0 bridgehead atoms. The normalized spacial score (nSPS) is 17.4. The Morgan fingerprint density at radius 3 is 2.75 bits per heavy atom. The fourth-order valence-corrected chi connectivity index (χ4v) is 3.30. The zero-order valence-corrected chi connectivity index (χ0v) is 13.5. The number of nitrogens with one attached hydrogen (secondary N) is 3. The molecule has 2 heterocycles. The van der Waals surface area contributed by atoms with E-state index in [0.717, 1.165) is 41.7 Å². The van der Waals surface area contributed by atoms with Gasteiger partial charge in [0.2, 0.25) is 0 Å². The number of imidazole rings is 1. The highest BCUT2D eigenvalue weighted by Gasteiger charge is 2.16. The van der Waals surface area contributed by atoms with Crippen molar-refractivity contribution in [1.82, 2.24) is 15.3 Å². The minimum atomic E-state index is -0.203. The Bertz CT molecular complexity index is 877. The van der Waals surface area contributed by atoms with Crippen LogP contribution >= 0.6 is 0 Å². The van der Waals surface area contributed by atoms with Gasteiger partial charge in [-0.1, -0.05) is 30.3 Å². The van der Waals surface area contributed by atoms with Crippen molar-refractivity contribution < 1.29 is 4.74 Å². The summed E-state index contributed by atoms with van der Waals surface area (Å²) in [6.07, 6.45) is 3.14. The molecule has 1 aliphatic heterocycles. The minimum absolute atomic E-state index is 0.203. The van der Waals surface area contributed by atoms with Gasteiger partial charge >= 0.3 is 5.69 Å². The summed E-state index contributed by atoms with van der Waals surface area (Å²) >= 11 is 0. The minimum Gasteiger partial charge on any atom is -0.490 e. The lowest BCUT2D eigenvalue weighted by atomic mass is 10.0. The van der Waals surface area contributed by atoms with E-state index in [1.165, 1.54) is 12.0 Å². The maximum Gasteiger partial charge on any atom is 0.323 e. The molecule has 1 aliphatic rings. The summed E-state index contributed by atoms with van der Waals surface area (Å²) in [6.45, 7) is 1.68. The average molecular weight is 323 g/mol. The fraction of sp³-hybridized carbons (Fsp3) is 0.316. The van der Waals surface area contributed by atoms with Crippen molar-refractivity contribution in [2.75, 3.05) is 13.2 Å². The number of aromatic nitrogens is 2. The zero-order chi connectivity index (χ0) is 16.4. The molecule has 1 aromatic heterocycles. The Labute approximate surface area is 140 Å². The van der Waals surface area contributed by atoms with E-state index in [4.69, 9.17) is 4.74 Å². The van der Waals surface area contributed by atoms with Gasteiger partial charge in [0.05, 0.1) is 5.52 Å². The standard InChI is InChI=1S/C19H21N3O2/c23-19-21-16-10-14(9-13-5-2-1-3-6-13)11-17(18(16)22-19)24-12-15-7-4-8-20-15/h1-3,5-6,10-11,15,20H,4,7-9,12H2,(H2,21,22,23)/t15-/m1/s1. The van der Waals surface area contributed by atoms with Crippen molar-refractivity contribution in [2.45, 2.75) is 25.3 Å². The molecule has 0 unspecified atom stereocenters. The molecule has 0 spiro atoms. The monoisotopic (exact) mass is 323 g/mol. The average Bonchev–Trinajstić information content (AvgIpc) is 3.22. The lowest BCUT2D eigenvalue weighted by molar-refractivity contribution is 0.279. The molecule has 24 heavy (non-hydrogen) atoms. The van der Waals surface area contributed by atoms with Crippen LogP contribution in [0, 0.1) is 0 Å². The summed E-state index contributed by atoms with van der Waals surface area (Å²) in [5, 5.41) is 3.43. The van der Waals surface area contributed by atoms with Crippen molar-refractivity contribution in [1.29, 1.82) is 0 Å². The largest absolute Gasteiger partial charge is 0.490 e. The highest BCUT2D eigenvalue weighted by molar-refractivity contribution is 5.82. The molecule has 124 valence electrons. The second kappa shape index (κ2) is 6.53. The molecule has 5 nitrogen and oxygen atoms in total. The van der Waals surface area contributed by atoms with Gasteiger partial charge in [0, 0.05) is 6.04 Å². The van der Waals surface area contributed by atoms with Gasteiger partial charge in [0.1, 0.15) is 17.9 Å². The summed E-state index contributed by atoms with van der Waals surface area (Å²) in [5.41, 5.74) is 3.69. The SMILES string of the molecule is O=c1[nH]c2cc(Cc3ccccc3)cc(OC[C@H]3CCCN3)c2[nH]1. The van der Waals surface area contributed by atoms with Crippen LogP contribution in [0.2, 0.25) is 0 Å². The van der Waals surface area contributed by atoms with E-state index in [1.807, 2.05) is 30.3 Å². The van der Waals surface area contributed by atoms with E-state index in [1.54, 1.807) is 0 Å². The number of fused-ring (bicyclic) bond motifs is 1. The van der Waals surface area contributed by atoms with Gasteiger partial charge in [-0.2, -0.15) is 0 Å². The quantitative estimate of drug-likeness (QED) is 0.676. The second-order valence-electron chi connectivity index (χ2n) is 6.36. The molecule has 0 saturated carbocycles. The number of aromatic amines is 2. The van der Waals surface area contributed by atoms with Crippen molar-refractivity contribution in [3.8, 4) is 5.75 Å². The summed E-state index contributed by atoms with van der Waals surface area (Å²) in [7, 11) is 0. The predicted octanol–water partition coefficient (Wildman–Crippen LogP) is 2.58. The molecular weight excluding hydrogens is 302 g/mol. The van der Waals surface area contributed by atoms with Crippen LogP contribution in [0.5, 0.6) is 5.75 Å². The van der Waals surface area contributed by atoms with Gasteiger partial charge in [-0.15, -0.1) is 0 Å². The van der Waals surface area contributed by atoms with E-state index in [-0.39, 0.29) is 5.69 Å². The number of hydrogen-bond donors (Lipinski definition) is 3. The van der Waals surface area contributed by atoms with Crippen LogP contribution in [-0.2, 0) is 6.42 Å². The summed E-state index contributed by atoms with van der Waals surface area (Å²) < 4.78 is 6.04.